The third kappa shape index (κ3) is 3.82. The monoisotopic (exact) mass is 128 g/mol. The van der Waals surface area contributed by atoms with Crippen LogP contribution in [0.4, 0.5) is 4.79 Å². The lowest BCUT2D eigenvalue weighted by molar-refractivity contribution is 0.219. The lowest BCUT2D eigenvalue weighted by atomic mass is 10.4. The van der Waals surface area contributed by atoms with E-state index < -0.39 is 0 Å². The van der Waals surface area contributed by atoms with Crippen molar-refractivity contribution in [2.24, 2.45) is 0 Å². The molecule has 2 radical (unpaired) electrons. The Balaban J connectivity index is 3.51. The van der Waals surface area contributed by atoms with Crippen LogP contribution in [0, 0.1) is 7.05 Å². The standard InChI is InChI=1S/C6H12N2O/c1-5(2)7-6(9)8(3)4/h3,5H,1-2,4H3,(H,7,9). The minimum absolute atomic E-state index is 0.142. The summed E-state index contributed by atoms with van der Waals surface area (Å²) in [5, 5.41) is 2.60. The number of nitrogens with one attached hydrogen (secondary N) is 1. The summed E-state index contributed by atoms with van der Waals surface area (Å²) in [4.78, 5) is 11.7. The third-order valence-corrected chi connectivity index (χ3v) is 0.732. The first kappa shape index (κ1) is 8.27. The van der Waals surface area contributed by atoms with Gasteiger partial charge in [0, 0.05) is 13.1 Å². The molecule has 0 aromatic carbocycles. The summed E-state index contributed by atoms with van der Waals surface area (Å²) in [6.45, 7) is 3.75. The van der Waals surface area contributed by atoms with Crippen LogP contribution >= 0.6 is 0 Å². The molecule has 0 rings (SSSR count). The van der Waals surface area contributed by atoms with Gasteiger partial charge in [0.1, 0.15) is 0 Å². The number of carbonyl (C=O) groups is 1. The molecule has 3 heteroatoms. The van der Waals surface area contributed by atoms with Crippen LogP contribution in [-0.2, 0) is 0 Å². The molecule has 9 heavy (non-hydrogen) atoms. The van der Waals surface area contributed by atoms with Gasteiger partial charge in [-0.15, -0.1) is 0 Å². The molecule has 0 aromatic rings. The largest absolute Gasteiger partial charge is 0.336 e. The fourth-order valence-corrected chi connectivity index (χ4v) is 0.349. The van der Waals surface area contributed by atoms with Gasteiger partial charge in [-0.2, -0.15) is 0 Å². The fourth-order valence-electron chi connectivity index (χ4n) is 0.349. The number of urea groups is 1. The van der Waals surface area contributed by atoms with E-state index in [0.717, 1.165) is 4.90 Å². The zero-order chi connectivity index (χ0) is 7.44. The van der Waals surface area contributed by atoms with Crippen LogP contribution in [0.3, 0.4) is 0 Å². The predicted octanol–water partition coefficient (Wildman–Crippen LogP) is 0.705. The average Bonchev–Trinajstić information content (AvgIpc) is 1.63. The van der Waals surface area contributed by atoms with Crippen molar-refractivity contribution in [3.8, 4) is 0 Å². The molecular weight excluding hydrogens is 116 g/mol. The van der Waals surface area contributed by atoms with Crippen LogP contribution in [0.15, 0.2) is 0 Å². The summed E-state index contributed by atoms with van der Waals surface area (Å²) >= 11 is 0. The van der Waals surface area contributed by atoms with Crippen LogP contribution in [0.1, 0.15) is 13.8 Å². The highest BCUT2D eigenvalue weighted by Gasteiger charge is 2.02. The van der Waals surface area contributed by atoms with Gasteiger partial charge >= 0.3 is 6.03 Å². The number of hydrogen-bond acceptors (Lipinski definition) is 1. The van der Waals surface area contributed by atoms with Crippen molar-refractivity contribution >= 4 is 6.03 Å². The maximum absolute atomic E-state index is 10.6. The van der Waals surface area contributed by atoms with Crippen molar-refractivity contribution in [2.45, 2.75) is 19.9 Å². The molecule has 0 atom stereocenters. The summed E-state index contributed by atoms with van der Waals surface area (Å²) in [5.41, 5.74) is 0. The van der Waals surface area contributed by atoms with Gasteiger partial charge in [-0.25, -0.2) is 4.79 Å². The number of nitrogens with zero attached hydrogens (tertiary/aromatic N) is 1. The second-order valence-corrected chi connectivity index (χ2v) is 2.22. The van der Waals surface area contributed by atoms with Crippen molar-refractivity contribution in [3.63, 3.8) is 0 Å². The second-order valence-electron chi connectivity index (χ2n) is 2.22. The van der Waals surface area contributed by atoms with Crippen LogP contribution in [0.25, 0.3) is 0 Å². The SMILES string of the molecule is [CH]N(C)C(=O)NC(C)C. The van der Waals surface area contributed by atoms with Crippen LogP contribution in [0.5, 0.6) is 0 Å². The van der Waals surface area contributed by atoms with E-state index in [2.05, 4.69) is 5.32 Å². The highest BCUT2D eigenvalue weighted by Crippen LogP contribution is 1.82. The molecule has 0 fully saturated rings. The third-order valence-electron chi connectivity index (χ3n) is 0.732. The Bertz CT molecular complexity index is 99.2. The first-order valence-corrected chi connectivity index (χ1v) is 2.83. The quantitative estimate of drug-likeness (QED) is 0.518. The van der Waals surface area contributed by atoms with Crippen LogP contribution in [0.2, 0.25) is 0 Å². The summed E-state index contributed by atoms with van der Waals surface area (Å²) in [5.74, 6) is 0. The zero-order valence-corrected chi connectivity index (χ0v) is 6.01. The predicted molar refractivity (Wildman–Crippen MR) is 35.7 cm³/mol. The Hall–Kier alpha value is -0.730. The Kier molecular flexibility index (Phi) is 3.06. The molecule has 0 aliphatic heterocycles. The van der Waals surface area contributed by atoms with Crippen molar-refractivity contribution in [1.82, 2.24) is 10.2 Å². The van der Waals surface area contributed by atoms with E-state index in [1.165, 1.54) is 7.05 Å². The number of hydrogen-bond donors (Lipinski definition) is 1. The summed E-state index contributed by atoms with van der Waals surface area (Å²) in [7, 11) is 6.60. The van der Waals surface area contributed by atoms with E-state index in [-0.39, 0.29) is 12.1 Å². The van der Waals surface area contributed by atoms with Gasteiger partial charge in [0.25, 0.3) is 0 Å². The van der Waals surface area contributed by atoms with Gasteiger partial charge < -0.3 is 10.2 Å². The first-order valence-electron chi connectivity index (χ1n) is 2.83. The van der Waals surface area contributed by atoms with Crippen molar-refractivity contribution in [1.29, 1.82) is 0 Å². The molecule has 0 unspecified atom stereocenters. The Morgan fingerprint density at radius 3 is 2.22 bits per heavy atom. The van der Waals surface area contributed by atoms with Gasteiger partial charge in [-0.1, -0.05) is 0 Å². The molecule has 0 saturated heterocycles. The first-order chi connectivity index (χ1) is 4.04. The lowest BCUT2D eigenvalue weighted by Gasteiger charge is -2.13. The molecule has 1 N–H and O–H groups in total. The molecule has 0 spiro atoms. The molecule has 0 bridgehead atoms. The van der Waals surface area contributed by atoms with E-state index in [1.54, 1.807) is 0 Å². The molecule has 0 saturated carbocycles. The average molecular weight is 128 g/mol. The van der Waals surface area contributed by atoms with E-state index in [4.69, 9.17) is 7.05 Å². The molecule has 52 valence electrons. The van der Waals surface area contributed by atoms with E-state index in [0.29, 0.717) is 0 Å². The minimum atomic E-state index is -0.259. The molecule has 0 aliphatic rings. The Morgan fingerprint density at radius 1 is 1.67 bits per heavy atom. The molecule has 0 aliphatic carbocycles. The minimum Gasteiger partial charge on any atom is -0.336 e. The Labute approximate surface area is 56.0 Å². The number of amides is 2. The van der Waals surface area contributed by atoms with Gasteiger partial charge in [-0.3, -0.25) is 0 Å². The smallest absolute Gasteiger partial charge is 0.317 e. The second kappa shape index (κ2) is 3.33. The fraction of sp³-hybridized carbons (Fsp3) is 0.667. The molecular formula is C6H12N2O. The van der Waals surface area contributed by atoms with Gasteiger partial charge in [0.15, 0.2) is 0 Å². The maximum atomic E-state index is 10.6. The summed E-state index contributed by atoms with van der Waals surface area (Å²) in [6, 6.07) is -0.117. The molecule has 2 amide bonds. The zero-order valence-electron chi connectivity index (χ0n) is 6.01. The Morgan fingerprint density at radius 2 is 2.11 bits per heavy atom. The van der Waals surface area contributed by atoms with E-state index in [9.17, 15) is 4.79 Å². The highest BCUT2D eigenvalue weighted by molar-refractivity contribution is 5.74. The van der Waals surface area contributed by atoms with Crippen molar-refractivity contribution in [3.05, 3.63) is 7.05 Å². The van der Waals surface area contributed by atoms with Gasteiger partial charge in [0.2, 0.25) is 0 Å². The van der Waals surface area contributed by atoms with Crippen LogP contribution < -0.4 is 5.32 Å². The summed E-state index contributed by atoms with van der Waals surface area (Å²) < 4.78 is 0. The maximum Gasteiger partial charge on any atom is 0.317 e. The van der Waals surface area contributed by atoms with Crippen LogP contribution in [-0.4, -0.2) is 24.0 Å². The van der Waals surface area contributed by atoms with E-state index >= 15 is 0 Å². The molecule has 0 aromatic heterocycles. The highest BCUT2D eigenvalue weighted by atomic mass is 16.2. The van der Waals surface area contributed by atoms with Crippen molar-refractivity contribution in [2.75, 3.05) is 7.05 Å². The van der Waals surface area contributed by atoms with Crippen molar-refractivity contribution < 1.29 is 4.79 Å². The number of rotatable bonds is 1. The topological polar surface area (TPSA) is 32.3 Å². The number of carbonyl (C=O) groups excluding carboxylic acids is 1. The van der Waals surface area contributed by atoms with Gasteiger partial charge in [0.05, 0.1) is 7.05 Å². The van der Waals surface area contributed by atoms with Gasteiger partial charge in [-0.05, 0) is 13.8 Å². The normalized spacial score (nSPS) is 9.44. The van der Waals surface area contributed by atoms with E-state index in [1.807, 2.05) is 13.8 Å². The lowest BCUT2D eigenvalue weighted by Crippen LogP contribution is -2.37. The molecule has 0 heterocycles. The molecule has 3 nitrogen and oxygen atoms in total. The summed E-state index contributed by atoms with van der Waals surface area (Å²) in [6.07, 6.45) is 0.